The van der Waals surface area contributed by atoms with Gasteiger partial charge in [0.25, 0.3) is 5.56 Å². The van der Waals surface area contributed by atoms with Gasteiger partial charge in [-0.3, -0.25) is 9.36 Å². The summed E-state index contributed by atoms with van der Waals surface area (Å²) < 4.78 is 17.8. The van der Waals surface area contributed by atoms with Crippen LogP contribution in [0.2, 0.25) is 0 Å². The Hall–Kier alpha value is -3.99. The normalized spacial score (nSPS) is 13.4. The van der Waals surface area contributed by atoms with E-state index in [2.05, 4.69) is 11.1 Å². The van der Waals surface area contributed by atoms with Crippen LogP contribution in [0.5, 0.6) is 0 Å². The zero-order valence-corrected chi connectivity index (χ0v) is 16.5. The maximum absolute atomic E-state index is 13.5. The van der Waals surface area contributed by atoms with Crippen molar-refractivity contribution >= 4 is 11.2 Å². The Bertz CT molecular complexity index is 1450. The fourth-order valence-corrected chi connectivity index (χ4v) is 3.78. The van der Waals surface area contributed by atoms with E-state index >= 15 is 0 Å². The molecule has 2 aromatic heterocycles. The molecule has 4 aromatic rings. The van der Waals surface area contributed by atoms with Gasteiger partial charge in [0.1, 0.15) is 5.82 Å². The number of rotatable bonds is 5. The van der Waals surface area contributed by atoms with Crippen LogP contribution < -0.4 is 11.2 Å². The molecule has 7 nitrogen and oxygen atoms in total. The van der Waals surface area contributed by atoms with Gasteiger partial charge in [-0.05, 0) is 60.7 Å². The summed E-state index contributed by atoms with van der Waals surface area (Å²) in [5, 5.41) is 9.16. The Kier molecular flexibility index (Phi) is 4.51. The number of halogens is 1. The van der Waals surface area contributed by atoms with Gasteiger partial charge >= 0.3 is 5.69 Å². The first-order valence-electron chi connectivity index (χ1n) is 10.0. The fourth-order valence-electron chi connectivity index (χ4n) is 3.78. The minimum absolute atomic E-state index is 0.227. The van der Waals surface area contributed by atoms with Gasteiger partial charge in [-0.15, -0.1) is 0 Å². The van der Waals surface area contributed by atoms with Gasteiger partial charge < -0.3 is 4.57 Å². The van der Waals surface area contributed by atoms with Gasteiger partial charge in [0.2, 0.25) is 0 Å². The highest BCUT2D eigenvalue weighted by Crippen LogP contribution is 2.30. The van der Waals surface area contributed by atoms with Crippen molar-refractivity contribution in [3.8, 4) is 11.8 Å². The third-order valence-corrected chi connectivity index (χ3v) is 5.53. The molecular formula is C23H18FN5O2. The molecule has 0 spiro atoms. The van der Waals surface area contributed by atoms with Crippen molar-refractivity contribution in [1.29, 1.82) is 5.26 Å². The number of nitrogens with zero attached hydrogens (tertiary/aromatic N) is 5. The van der Waals surface area contributed by atoms with Crippen molar-refractivity contribution < 1.29 is 4.39 Å². The molecule has 0 atom stereocenters. The first-order valence-corrected chi connectivity index (χ1v) is 10.0. The van der Waals surface area contributed by atoms with Crippen LogP contribution in [0.1, 0.15) is 24.0 Å². The first-order chi connectivity index (χ1) is 15.0. The lowest BCUT2D eigenvalue weighted by Gasteiger charge is -2.12. The van der Waals surface area contributed by atoms with Crippen LogP contribution in [0.25, 0.3) is 16.9 Å². The molecule has 154 valence electrons. The molecule has 0 unspecified atom stereocenters. The predicted octanol–water partition coefficient (Wildman–Crippen LogP) is 2.82. The van der Waals surface area contributed by atoms with Gasteiger partial charge in [-0.2, -0.15) is 5.26 Å². The fraction of sp³-hybridized carbons (Fsp3) is 0.217. The van der Waals surface area contributed by atoms with Gasteiger partial charge in [-0.1, -0.05) is 12.1 Å². The van der Waals surface area contributed by atoms with Crippen molar-refractivity contribution in [2.45, 2.75) is 25.9 Å². The quantitative estimate of drug-likeness (QED) is 0.502. The van der Waals surface area contributed by atoms with E-state index in [1.165, 1.54) is 39.7 Å². The highest BCUT2D eigenvalue weighted by molar-refractivity contribution is 5.72. The van der Waals surface area contributed by atoms with Crippen molar-refractivity contribution in [2.75, 3.05) is 0 Å². The van der Waals surface area contributed by atoms with Crippen molar-refractivity contribution in [3.63, 3.8) is 0 Å². The van der Waals surface area contributed by atoms with Gasteiger partial charge in [0, 0.05) is 13.1 Å². The summed E-state index contributed by atoms with van der Waals surface area (Å²) in [7, 11) is 0. The zero-order valence-electron chi connectivity index (χ0n) is 16.5. The maximum Gasteiger partial charge on any atom is 0.337 e. The molecule has 1 aliphatic rings. The van der Waals surface area contributed by atoms with E-state index in [1.807, 2.05) is 6.07 Å². The van der Waals surface area contributed by atoms with E-state index in [0.717, 1.165) is 18.4 Å². The topological polar surface area (TPSA) is 85.6 Å². The van der Waals surface area contributed by atoms with E-state index in [0.29, 0.717) is 35.8 Å². The van der Waals surface area contributed by atoms with Crippen LogP contribution in [-0.2, 0) is 13.1 Å². The number of hydrogen-bond acceptors (Lipinski definition) is 4. The Morgan fingerprint density at radius 1 is 1.13 bits per heavy atom. The lowest BCUT2D eigenvalue weighted by molar-refractivity contribution is 0.567. The molecule has 1 saturated carbocycles. The molecule has 8 heteroatoms. The summed E-state index contributed by atoms with van der Waals surface area (Å²) in [6.45, 7) is 0.677. The summed E-state index contributed by atoms with van der Waals surface area (Å²) >= 11 is 0. The SMILES string of the molecule is N#Cc1cccc(Cn2cnc3c2c(=O)n(CC2CC2)c(=O)n3-c2ccc(F)cc2)c1. The van der Waals surface area contributed by atoms with E-state index in [-0.39, 0.29) is 11.2 Å². The third-order valence-electron chi connectivity index (χ3n) is 5.53. The second kappa shape index (κ2) is 7.36. The van der Waals surface area contributed by atoms with Crippen LogP contribution in [0.15, 0.2) is 64.4 Å². The summed E-state index contributed by atoms with van der Waals surface area (Å²) in [6.07, 6.45) is 3.49. The number of nitriles is 1. The molecule has 0 radical (unpaired) electrons. The lowest BCUT2D eigenvalue weighted by Crippen LogP contribution is -2.40. The van der Waals surface area contributed by atoms with E-state index in [9.17, 15) is 14.0 Å². The second-order valence-corrected chi connectivity index (χ2v) is 7.81. The standard InChI is InChI=1S/C23H18FN5O2/c24-18-6-8-19(9-7-18)29-21-20(22(30)28(23(29)31)13-15-4-5-15)27(14-26-21)12-17-3-1-2-16(10-17)11-25/h1-3,6-10,14-15H,4-5,12-13H2. The molecular weight excluding hydrogens is 397 g/mol. The first kappa shape index (κ1) is 19.0. The van der Waals surface area contributed by atoms with Crippen molar-refractivity contribution in [3.05, 3.63) is 92.6 Å². The van der Waals surface area contributed by atoms with Gasteiger partial charge in [0.05, 0.1) is 23.6 Å². The molecule has 0 amide bonds. The number of fused-ring (bicyclic) bond motifs is 1. The smallest absolute Gasteiger partial charge is 0.320 e. The summed E-state index contributed by atoms with van der Waals surface area (Å²) in [4.78, 5) is 30.9. The Morgan fingerprint density at radius 3 is 2.61 bits per heavy atom. The Balaban J connectivity index is 1.73. The van der Waals surface area contributed by atoms with Gasteiger partial charge in [0.15, 0.2) is 11.2 Å². The van der Waals surface area contributed by atoms with Crippen molar-refractivity contribution in [2.24, 2.45) is 5.92 Å². The molecule has 2 heterocycles. The molecule has 0 N–H and O–H groups in total. The highest BCUT2D eigenvalue weighted by atomic mass is 19.1. The monoisotopic (exact) mass is 415 g/mol. The number of imidazole rings is 1. The third kappa shape index (κ3) is 3.44. The summed E-state index contributed by atoms with van der Waals surface area (Å²) in [5.74, 6) is -0.101. The molecule has 0 bridgehead atoms. The minimum Gasteiger partial charge on any atom is -0.320 e. The summed E-state index contributed by atoms with van der Waals surface area (Å²) in [5.41, 5.74) is 1.46. The lowest BCUT2D eigenvalue weighted by atomic mass is 10.1. The van der Waals surface area contributed by atoms with Gasteiger partial charge in [-0.25, -0.2) is 18.7 Å². The Morgan fingerprint density at radius 2 is 1.90 bits per heavy atom. The highest BCUT2D eigenvalue weighted by Gasteiger charge is 2.26. The predicted molar refractivity (Wildman–Crippen MR) is 113 cm³/mol. The average Bonchev–Trinajstić information content (AvgIpc) is 3.51. The molecule has 5 rings (SSSR count). The average molecular weight is 415 g/mol. The van der Waals surface area contributed by atoms with Crippen LogP contribution in [0.3, 0.4) is 0 Å². The van der Waals surface area contributed by atoms with E-state index in [4.69, 9.17) is 5.26 Å². The number of aromatic nitrogens is 4. The van der Waals surface area contributed by atoms with Crippen LogP contribution in [0, 0.1) is 23.1 Å². The molecule has 0 saturated heterocycles. The molecule has 1 fully saturated rings. The Labute approximate surface area is 176 Å². The largest absolute Gasteiger partial charge is 0.337 e. The van der Waals surface area contributed by atoms with E-state index < -0.39 is 11.5 Å². The molecule has 0 aliphatic heterocycles. The van der Waals surface area contributed by atoms with Crippen molar-refractivity contribution in [1.82, 2.24) is 18.7 Å². The van der Waals surface area contributed by atoms with E-state index in [1.54, 1.807) is 22.8 Å². The van der Waals surface area contributed by atoms with Crippen LogP contribution in [-0.4, -0.2) is 18.7 Å². The van der Waals surface area contributed by atoms with Crippen LogP contribution in [0.4, 0.5) is 4.39 Å². The van der Waals surface area contributed by atoms with Crippen LogP contribution >= 0.6 is 0 Å². The number of benzene rings is 2. The minimum atomic E-state index is -0.479. The zero-order chi connectivity index (χ0) is 21.5. The molecule has 31 heavy (non-hydrogen) atoms. The second-order valence-electron chi connectivity index (χ2n) is 7.81. The molecule has 1 aliphatic carbocycles. The maximum atomic E-state index is 13.5. The number of hydrogen-bond donors (Lipinski definition) is 0. The summed E-state index contributed by atoms with van der Waals surface area (Å²) in [6, 6.07) is 14.8. The molecule has 2 aromatic carbocycles.